The predicted molar refractivity (Wildman–Crippen MR) is 82.9 cm³/mol. The first kappa shape index (κ1) is 19.1. The van der Waals surface area contributed by atoms with Gasteiger partial charge in [0.25, 0.3) is 10.1 Å². The molecule has 0 aromatic carbocycles. The van der Waals surface area contributed by atoms with Crippen molar-refractivity contribution in [2.24, 2.45) is 0 Å². The average Bonchev–Trinajstić information content (AvgIpc) is 2.20. The van der Waals surface area contributed by atoms with E-state index >= 15 is 0 Å². The fourth-order valence-corrected chi connectivity index (χ4v) is 2.07. The number of ether oxygens (including phenoxy) is 1. The first-order valence-electron chi connectivity index (χ1n) is 6.37. The molecule has 0 rings (SSSR count). The van der Waals surface area contributed by atoms with Gasteiger partial charge in [-0.05, 0) is 47.6 Å². The van der Waals surface area contributed by atoms with Crippen LogP contribution in [0.15, 0.2) is 35.8 Å². The second kappa shape index (κ2) is 6.70. The van der Waals surface area contributed by atoms with Gasteiger partial charge in [0, 0.05) is 0 Å². The van der Waals surface area contributed by atoms with Gasteiger partial charge in [-0.15, -0.1) is 0 Å². The highest BCUT2D eigenvalue weighted by Gasteiger charge is 2.30. The number of rotatable bonds is 7. The molecule has 0 aliphatic heterocycles. The second-order valence-corrected chi connectivity index (χ2v) is 7.94. The topological polar surface area (TPSA) is 52.6 Å². The summed E-state index contributed by atoms with van der Waals surface area (Å²) in [5, 5.41) is 0. The van der Waals surface area contributed by atoms with Crippen LogP contribution in [0.3, 0.4) is 0 Å². The van der Waals surface area contributed by atoms with Crippen LogP contribution in [0.1, 0.15) is 41.5 Å². The van der Waals surface area contributed by atoms with E-state index in [1.807, 2.05) is 20.8 Å². The Morgan fingerprint density at radius 3 is 2.00 bits per heavy atom. The first-order valence-corrected chi connectivity index (χ1v) is 7.78. The van der Waals surface area contributed by atoms with Crippen molar-refractivity contribution in [3.05, 3.63) is 35.8 Å². The van der Waals surface area contributed by atoms with E-state index in [0.29, 0.717) is 0 Å². The van der Waals surface area contributed by atoms with Gasteiger partial charge in [0.2, 0.25) is 0 Å². The fourth-order valence-electron chi connectivity index (χ4n) is 1.08. The van der Waals surface area contributed by atoms with E-state index in [2.05, 4.69) is 13.2 Å². The average molecular weight is 302 g/mol. The van der Waals surface area contributed by atoms with Crippen molar-refractivity contribution in [1.82, 2.24) is 0 Å². The molecule has 5 heteroatoms. The Kier molecular flexibility index (Phi) is 6.39. The van der Waals surface area contributed by atoms with Crippen LogP contribution in [-0.4, -0.2) is 26.2 Å². The Labute approximate surface area is 123 Å². The van der Waals surface area contributed by atoms with Crippen molar-refractivity contribution in [3.63, 3.8) is 0 Å². The van der Waals surface area contributed by atoms with Gasteiger partial charge < -0.3 is 4.74 Å². The Morgan fingerprint density at radius 2 is 1.60 bits per heavy atom. The smallest absolute Gasteiger partial charge is 0.296 e. The Hall–Kier alpha value is -0.910. The minimum atomic E-state index is -3.88. The summed E-state index contributed by atoms with van der Waals surface area (Å²) in [5.41, 5.74) is -0.593. The van der Waals surface area contributed by atoms with Crippen LogP contribution in [0.4, 0.5) is 0 Å². The van der Waals surface area contributed by atoms with Crippen LogP contribution in [0.5, 0.6) is 0 Å². The van der Waals surface area contributed by atoms with Crippen molar-refractivity contribution < 1.29 is 17.3 Å². The molecule has 0 aromatic heterocycles. The number of allylic oxidation sites excluding steroid dienone is 3. The molecule has 0 saturated carbocycles. The van der Waals surface area contributed by atoms with Crippen LogP contribution in [0, 0.1) is 0 Å². The van der Waals surface area contributed by atoms with Gasteiger partial charge in [0.15, 0.2) is 0 Å². The van der Waals surface area contributed by atoms with Crippen molar-refractivity contribution in [1.29, 1.82) is 0 Å². The van der Waals surface area contributed by atoms with Gasteiger partial charge in [-0.1, -0.05) is 24.8 Å². The van der Waals surface area contributed by atoms with E-state index in [1.165, 1.54) is 6.08 Å². The number of hydrogen-bond acceptors (Lipinski definition) is 4. The summed E-state index contributed by atoms with van der Waals surface area (Å²) in [6.07, 6.45) is 2.94. The maximum atomic E-state index is 12.0. The molecule has 4 nitrogen and oxygen atoms in total. The van der Waals surface area contributed by atoms with E-state index in [1.54, 1.807) is 26.8 Å². The second-order valence-electron chi connectivity index (χ2n) is 6.34. The quantitative estimate of drug-likeness (QED) is 0.533. The van der Waals surface area contributed by atoms with Gasteiger partial charge in [-0.2, -0.15) is 8.42 Å². The minimum Gasteiger partial charge on any atom is -0.373 e. The van der Waals surface area contributed by atoms with Gasteiger partial charge in [0.05, 0.1) is 17.1 Å². The molecule has 0 fully saturated rings. The lowest BCUT2D eigenvalue weighted by Crippen LogP contribution is -2.37. The van der Waals surface area contributed by atoms with Crippen molar-refractivity contribution >= 4 is 10.1 Å². The standard InChI is InChI=1S/C15H26O4S/c1-12(2)9-10-13(3)20(16,17)19-15(7,8)11-18-14(4,5)6/h9-10H,1,3,11H2,2,4-8H3/b10-9-. The Morgan fingerprint density at radius 1 is 1.10 bits per heavy atom. The molecule has 0 N–H and O–H groups in total. The van der Waals surface area contributed by atoms with Gasteiger partial charge in [-0.25, -0.2) is 0 Å². The summed E-state index contributed by atoms with van der Waals surface area (Å²) in [4.78, 5) is -0.107. The highest BCUT2D eigenvalue weighted by atomic mass is 32.2. The Bertz CT molecular complexity index is 490. The molecule has 0 aliphatic rings. The Balaban J connectivity index is 4.82. The van der Waals surface area contributed by atoms with E-state index < -0.39 is 15.7 Å². The molecule has 0 amide bonds. The van der Waals surface area contributed by atoms with Crippen molar-refractivity contribution in [3.8, 4) is 0 Å². The predicted octanol–water partition coefficient (Wildman–Crippen LogP) is 3.57. The summed E-state index contributed by atoms with van der Waals surface area (Å²) < 4.78 is 34.8. The van der Waals surface area contributed by atoms with Crippen LogP contribution < -0.4 is 0 Å². The van der Waals surface area contributed by atoms with Crippen LogP contribution in [0.2, 0.25) is 0 Å². The van der Waals surface area contributed by atoms with E-state index in [4.69, 9.17) is 8.92 Å². The molecule has 0 radical (unpaired) electrons. The fraction of sp³-hybridized carbons (Fsp3) is 0.600. The zero-order valence-electron chi connectivity index (χ0n) is 13.3. The molecule has 20 heavy (non-hydrogen) atoms. The molecule has 0 heterocycles. The molecular formula is C15H26O4S. The van der Waals surface area contributed by atoms with E-state index in [9.17, 15) is 8.42 Å². The lowest BCUT2D eigenvalue weighted by Gasteiger charge is -2.29. The van der Waals surface area contributed by atoms with Crippen LogP contribution in [0.25, 0.3) is 0 Å². The molecule has 0 saturated heterocycles. The summed E-state index contributed by atoms with van der Waals surface area (Å²) in [7, 11) is -3.88. The summed E-state index contributed by atoms with van der Waals surface area (Å²) >= 11 is 0. The maximum Gasteiger partial charge on any atom is 0.296 e. The molecular weight excluding hydrogens is 276 g/mol. The monoisotopic (exact) mass is 302 g/mol. The molecule has 0 aromatic rings. The zero-order chi connectivity index (χ0) is 16.2. The van der Waals surface area contributed by atoms with E-state index in [-0.39, 0.29) is 17.1 Å². The first-order chi connectivity index (χ1) is 8.75. The normalized spacial score (nSPS) is 13.7. The molecule has 0 aliphatic carbocycles. The molecule has 0 spiro atoms. The summed E-state index contributed by atoms with van der Waals surface area (Å²) in [5.74, 6) is 0. The highest BCUT2D eigenvalue weighted by Crippen LogP contribution is 2.21. The molecule has 0 atom stereocenters. The molecule has 0 bridgehead atoms. The summed E-state index contributed by atoms with van der Waals surface area (Å²) in [6.45, 7) is 18.1. The largest absolute Gasteiger partial charge is 0.373 e. The highest BCUT2D eigenvalue weighted by molar-refractivity contribution is 7.90. The van der Waals surface area contributed by atoms with Gasteiger partial charge in [-0.3, -0.25) is 4.18 Å². The van der Waals surface area contributed by atoms with Gasteiger partial charge >= 0.3 is 0 Å². The summed E-state index contributed by atoms with van der Waals surface area (Å²) in [6, 6.07) is 0. The lowest BCUT2D eigenvalue weighted by atomic mass is 10.1. The van der Waals surface area contributed by atoms with Crippen molar-refractivity contribution in [2.75, 3.05) is 6.61 Å². The third-order valence-corrected chi connectivity index (χ3v) is 3.51. The lowest BCUT2D eigenvalue weighted by molar-refractivity contribution is -0.0699. The van der Waals surface area contributed by atoms with Crippen molar-refractivity contribution in [2.45, 2.75) is 52.7 Å². The third-order valence-electron chi connectivity index (χ3n) is 2.06. The zero-order valence-corrected chi connectivity index (χ0v) is 14.1. The molecule has 0 unspecified atom stereocenters. The SMILES string of the molecule is C=C(C)/C=C\C(=C)S(=O)(=O)OC(C)(C)COC(C)(C)C. The van der Waals surface area contributed by atoms with Crippen LogP contribution in [-0.2, 0) is 19.0 Å². The van der Waals surface area contributed by atoms with Gasteiger partial charge in [0.1, 0.15) is 5.60 Å². The minimum absolute atomic E-state index is 0.107. The molecule has 116 valence electrons. The third kappa shape index (κ3) is 8.30. The number of hydrogen-bond donors (Lipinski definition) is 0. The maximum absolute atomic E-state index is 12.0. The van der Waals surface area contributed by atoms with E-state index in [0.717, 1.165) is 5.57 Å². The van der Waals surface area contributed by atoms with Crippen LogP contribution >= 0.6 is 0 Å².